The van der Waals surface area contributed by atoms with E-state index in [0.717, 1.165) is 5.56 Å². The predicted octanol–water partition coefficient (Wildman–Crippen LogP) is -0.177. The van der Waals surface area contributed by atoms with Crippen molar-refractivity contribution in [3.05, 3.63) is 35.9 Å². The van der Waals surface area contributed by atoms with E-state index < -0.39 is 16.1 Å². The second-order valence-corrected chi connectivity index (χ2v) is 7.01. The largest absolute Gasteiger partial charge is 0.390 e. The Labute approximate surface area is 114 Å². The number of aliphatic hydroxyl groups is 1. The summed E-state index contributed by atoms with van der Waals surface area (Å²) in [6.45, 7) is 0.950. The molecule has 0 radical (unpaired) electrons. The molecule has 19 heavy (non-hydrogen) atoms. The number of hydrogen-bond donors (Lipinski definition) is 2. The maximum Gasteiger partial charge on any atom is 0.214 e. The molecule has 0 aromatic heterocycles. The van der Waals surface area contributed by atoms with E-state index in [0.29, 0.717) is 19.5 Å². The molecule has 2 rings (SSSR count). The first kappa shape index (κ1) is 14.5. The molecule has 106 valence electrons. The SMILES string of the molecule is CN([C@H]1CNC[C@@H]1O)S(=O)(=O)CCc1ccccc1. The Balaban J connectivity index is 1.98. The van der Waals surface area contributed by atoms with Crippen LogP contribution in [0.25, 0.3) is 0 Å². The van der Waals surface area contributed by atoms with Crippen LogP contribution in [0.5, 0.6) is 0 Å². The molecule has 0 saturated carbocycles. The van der Waals surface area contributed by atoms with Gasteiger partial charge in [0.25, 0.3) is 0 Å². The van der Waals surface area contributed by atoms with Crippen molar-refractivity contribution < 1.29 is 13.5 Å². The van der Waals surface area contributed by atoms with Crippen molar-refractivity contribution in [2.75, 3.05) is 25.9 Å². The van der Waals surface area contributed by atoms with Crippen LogP contribution < -0.4 is 5.32 Å². The summed E-state index contributed by atoms with van der Waals surface area (Å²) >= 11 is 0. The lowest BCUT2D eigenvalue weighted by atomic mass is 10.2. The van der Waals surface area contributed by atoms with Gasteiger partial charge in [0.1, 0.15) is 0 Å². The minimum absolute atomic E-state index is 0.0662. The zero-order valence-corrected chi connectivity index (χ0v) is 11.8. The van der Waals surface area contributed by atoms with Crippen molar-refractivity contribution in [3.8, 4) is 0 Å². The molecule has 0 bridgehead atoms. The lowest BCUT2D eigenvalue weighted by molar-refractivity contribution is 0.136. The van der Waals surface area contributed by atoms with Crippen LogP contribution in [0.4, 0.5) is 0 Å². The van der Waals surface area contributed by atoms with Gasteiger partial charge in [-0.25, -0.2) is 8.42 Å². The van der Waals surface area contributed by atoms with Crippen LogP contribution in [0, 0.1) is 0 Å². The van der Waals surface area contributed by atoms with Gasteiger partial charge in [-0.3, -0.25) is 0 Å². The van der Waals surface area contributed by atoms with Gasteiger partial charge in [-0.1, -0.05) is 30.3 Å². The van der Waals surface area contributed by atoms with Crippen molar-refractivity contribution in [1.82, 2.24) is 9.62 Å². The fourth-order valence-electron chi connectivity index (χ4n) is 2.26. The molecule has 1 aromatic rings. The molecule has 2 atom stereocenters. The second-order valence-electron chi connectivity index (χ2n) is 4.86. The number of benzene rings is 1. The normalized spacial score (nSPS) is 23.9. The second kappa shape index (κ2) is 6.00. The molecule has 0 spiro atoms. The standard InChI is InChI=1S/C13H20N2O3S/c1-15(12-9-14-10-13(12)16)19(17,18)8-7-11-5-3-2-4-6-11/h2-6,12-14,16H,7-10H2,1H3/t12-,13-/m0/s1. The summed E-state index contributed by atoms with van der Waals surface area (Å²) in [5, 5.41) is 12.7. The zero-order chi connectivity index (χ0) is 13.9. The number of nitrogens with zero attached hydrogens (tertiary/aromatic N) is 1. The van der Waals surface area contributed by atoms with E-state index in [4.69, 9.17) is 0 Å². The third kappa shape index (κ3) is 3.54. The number of hydrogen-bond acceptors (Lipinski definition) is 4. The fraction of sp³-hybridized carbons (Fsp3) is 0.538. The van der Waals surface area contributed by atoms with Crippen molar-refractivity contribution in [3.63, 3.8) is 0 Å². The predicted molar refractivity (Wildman–Crippen MR) is 74.4 cm³/mol. The van der Waals surface area contributed by atoms with Gasteiger partial charge in [0, 0.05) is 20.1 Å². The van der Waals surface area contributed by atoms with Gasteiger partial charge in [0.05, 0.1) is 17.9 Å². The molecule has 1 aliphatic rings. The number of likely N-dealkylation sites (N-methyl/N-ethyl adjacent to an activating group) is 1. The molecular formula is C13H20N2O3S. The smallest absolute Gasteiger partial charge is 0.214 e. The van der Waals surface area contributed by atoms with Crippen LogP contribution in [0.1, 0.15) is 5.56 Å². The molecule has 6 heteroatoms. The van der Waals surface area contributed by atoms with Gasteiger partial charge in [0.2, 0.25) is 10.0 Å². The summed E-state index contributed by atoms with van der Waals surface area (Å²) in [5.41, 5.74) is 1.00. The van der Waals surface area contributed by atoms with Gasteiger partial charge >= 0.3 is 0 Å². The maximum absolute atomic E-state index is 12.2. The number of rotatable bonds is 5. The van der Waals surface area contributed by atoms with E-state index in [1.807, 2.05) is 30.3 Å². The fourth-order valence-corrected chi connectivity index (χ4v) is 3.67. The Bertz CT molecular complexity index is 504. The van der Waals surface area contributed by atoms with E-state index in [1.165, 1.54) is 4.31 Å². The van der Waals surface area contributed by atoms with Crippen molar-refractivity contribution >= 4 is 10.0 Å². The van der Waals surface area contributed by atoms with Gasteiger partial charge in [-0.15, -0.1) is 0 Å². The van der Waals surface area contributed by atoms with Crippen LogP contribution in [-0.2, 0) is 16.4 Å². The number of aryl methyl sites for hydroxylation is 1. The third-order valence-electron chi connectivity index (χ3n) is 3.55. The molecule has 5 nitrogen and oxygen atoms in total. The number of β-amino-alcohol motifs (C(OH)–C–C–N with tert-alkyl or cyclic N) is 1. The monoisotopic (exact) mass is 284 g/mol. The van der Waals surface area contributed by atoms with Crippen molar-refractivity contribution in [2.24, 2.45) is 0 Å². The molecule has 0 aliphatic carbocycles. The molecule has 0 unspecified atom stereocenters. The van der Waals surface area contributed by atoms with Crippen LogP contribution >= 0.6 is 0 Å². The summed E-state index contributed by atoms with van der Waals surface area (Å²) in [7, 11) is -1.80. The lowest BCUT2D eigenvalue weighted by Gasteiger charge is -2.25. The average molecular weight is 284 g/mol. The Kier molecular flexibility index (Phi) is 4.57. The molecule has 1 aliphatic heterocycles. The van der Waals surface area contributed by atoms with E-state index in [-0.39, 0.29) is 11.8 Å². The van der Waals surface area contributed by atoms with E-state index in [9.17, 15) is 13.5 Å². The highest BCUT2D eigenvalue weighted by Gasteiger charge is 2.34. The lowest BCUT2D eigenvalue weighted by Crippen LogP contribution is -2.45. The first-order chi connectivity index (χ1) is 9.00. The van der Waals surface area contributed by atoms with Gasteiger partial charge < -0.3 is 10.4 Å². The van der Waals surface area contributed by atoms with E-state index >= 15 is 0 Å². The molecule has 2 N–H and O–H groups in total. The van der Waals surface area contributed by atoms with Gasteiger partial charge in [-0.2, -0.15) is 4.31 Å². The van der Waals surface area contributed by atoms with Crippen molar-refractivity contribution in [1.29, 1.82) is 0 Å². The highest BCUT2D eigenvalue weighted by molar-refractivity contribution is 7.89. The summed E-state index contributed by atoms with van der Waals surface area (Å²) in [6, 6.07) is 9.18. The highest BCUT2D eigenvalue weighted by atomic mass is 32.2. The zero-order valence-electron chi connectivity index (χ0n) is 11.0. The minimum atomic E-state index is -3.34. The molecular weight excluding hydrogens is 264 g/mol. The summed E-state index contributed by atoms with van der Waals surface area (Å²) in [5.74, 6) is 0.0662. The summed E-state index contributed by atoms with van der Waals surface area (Å²) in [4.78, 5) is 0. The summed E-state index contributed by atoms with van der Waals surface area (Å²) < 4.78 is 25.8. The number of nitrogens with one attached hydrogen (secondary N) is 1. The van der Waals surface area contributed by atoms with Crippen LogP contribution in [-0.4, -0.2) is 55.9 Å². The Morgan fingerprint density at radius 2 is 2.00 bits per heavy atom. The van der Waals surface area contributed by atoms with Crippen LogP contribution in [0.3, 0.4) is 0 Å². The average Bonchev–Trinajstić information content (AvgIpc) is 2.83. The molecule has 0 amide bonds. The maximum atomic E-state index is 12.2. The Morgan fingerprint density at radius 3 is 2.58 bits per heavy atom. The third-order valence-corrected chi connectivity index (χ3v) is 5.42. The van der Waals surface area contributed by atoms with Gasteiger partial charge in [-0.05, 0) is 12.0 Å². The number of sulfonamides is 1. The van der Waals surface area contributed by atoms with Crippen LogP contribution in [0.2, 0.25) is 0 Å². The Hall–Kier alpha value is -0.950. The van der Waals surface area contributed by atoms with Crippen molar-refractivity contribution in [2.45, 2.75) is 18.6 Å². The first-order valence-corrected chi connectivity index (χ1v) is 8.00. The first-order valence-electron chi connectivity index (χ1n) is 6.39. The molecule has 1 heterocycles. The summed E-state index contributed by atoms with van der Waals surface area (Å²) in [6.07, 6.45) is -0.138. The molecule has 1 saturated heterocycles. The van der Waals surface area contributed by atoms with Crippen LogP contribution in [0.15, 0.2) is 30.3 Å². The van der Waals surface area contributed by atoms with E-state index in [1.54, 1.807) is 7.05 Å². The minimum Gasteiger partial charge on any atom is -0.390 e. The number of aliphatic hydroxyl groups excluding tert-OH is 1. The van der Waals surface area contributed by atoms with E-state index in [2.05, 4.69) is 5.32 Å². The van der Waals surface area contributed by atoms with Gasteiger partial charge in [0.15, 0.2) is 0 Å². The highest BCUT2D eigenvalue weighted by Crippen LogP contribution is 2.13. The molecule has 1 aromatic carbocycles. The molecule has 1 fully saturated rings. The topological polar surface area (TPSA) is 69.6 Å². The Morgan fingerprint density at radius 1 is 1.32 bits per heavy atom. The quantitative estimate of drug-likeness (QED) is 0.787.